The largest absolute Gasteiger partial charge is 0.394 e. The van der Waals surface area contributed by atoms with Crippen molar-refractivity contribution in [3.63, 3.8) is 0 Å². The highest BCUT2D eigenvalue weighted by Gasteiger charge is 2.13. The second-order valence-electron chi connectivity index (χ2n) is 4.46. The molecule has 0 aliphatic carbocycles. The number of benzene rings is 1. The van der Waals surface area contributed by atoms with Crippen LogP contribution < -0.4 is 5.32 Å². The first kappa shape index (κ1) is 17.6. The molecule has 0 saturated carbocycles. The fourth-order valence-corrected chi connectivity index (χ4v) is 1.60. The summed E-state index contributed by atoms with van der Waals surface area (Å²) in [4.78, 5) is 11.8. The number of hydrogen-bond donors (Lipinski definition) is 2. The zero-order chi connectivity index (χ0) is 15.3. The molecule has 0 aromatic heterocycles. The lowest BCUT2D eigenvalue weighted by molar-refractivity contribution is -0.134. The Labute approximate surface area is 125 Å². The van der Waals surface area contributed by atoms with Crippen LogP contribution in [-0.4, -0.2) is 50.8 Å². The summed E-state index contributed by atoms with van der Waals surface area (Å²) in [6, 6.07) is 9.62. The van der Waals surface area contributed by atoms with Crippen molar-refractivity contribution in [3.8, 4) is 0 Å². The van der Waals surface area contributed by atoms with E-state index in [9.17, 15) is 9.90 Å². The monoisotopic (exact) mass is 297 g/mol. The van der Waals surface area contributed by atoms with Gasteiger partial charge >= 0.3 is 0 Å². The second kappa shape index (κ2) is 11.2. The van der Waals surface area contributed by atoms with E-state index in [1.54, 1.807) is 7.11 Å². The molecule has 0 radical (unpaired) electrons. The zero-order valence-electron chi connectivity index (χ0n) is 12.3. The van der Waals surface area contributed by atoms with E-state index < -0.39 is 6.10 Å². The number of hydrogen-bond acceptors (Lipinski definition) is 5. The van der Waals surface area contributed by atoms with Crippen LogP contribution in [0.25, 0.3) is 0 Å². The number of ether oxygens (including phenoxy) is 3. The fourth-order valence-electron chi connectivity index (χ4n) is 1.60. The minimum Gasteiger partial charge on any atom is -0.394 e. The molecule has 0 aliphatic heterocycles. The number of carbonyl (C=O) groups excluding carboxylic acids is 1. The topological polar surface area (TPSA) is 77.0 Å². The third-order valence-electron chi connectivity index (χ3n) is 2.77. The molecule has 0 aliphatic rings. The summed E-state index contributed by atoms with van der Waals surface area (Å²) in [5.74, 6) is -0.171. The SMILES string of the molecule is COCCOCO[C@H](CO)CC(=O)NCc1ccccc1. The van der Waals surface area contributed by atoms with Gasteiger partial charge in [-0.25, -0.2) is 0 Å². The summed E-state index contributed by atoms with van der Waals surface area (Å²) in [6.45, 7) is 1.15. The number of carbonyl (C=O) groups is 1. The minimum absolute atomic E-state index is 0.0283. The average molecular weight is 297 g/mol. The molecule has 0 spiro atoms. The highest BCUT2D eigenvalue weighted by Crippen LogP contribution is 2.01. The van der Waals surface area contributed by atoms with Crippen molar-refractivity contribution in [2.24, 2.45) is 0 Å². The van der Waals surface area contributed by atoms with E-state index in [1.807, 2.05) is 30.3 Å². The Hall–Kier alpha value is -1.47. The molecular formula is C15H23NO5. The van der Waals surface area contributed by atoms with Crippen LogP contribution in [0, 0.1) is 0 Å². The lowest BCUT2D eigenvalue weighted by atomic mass is 10.2. The van der Waals surface area contributed by atoms with Crippen LogP contribution in [0.1, 0.15) is 12.0 Å². The summed E-state index contributed by atoms with van der Waals surface area (Å²) in [6.07, 6.45) is -0.472. The average Bonchev–Trinajstić information content (AvgIpc) is 2.52. The first-order valence-electron chi connectivity index (χ1n) is 6.86. The van der Waals surface area contributed by atoms with Crippen LogP contribution >= 0.6 is 0 Å². The van der Waals surface area contributed by atoms with Gasteiger partial charge in [-0.05, 0) is 5.56 Å². The molecule has 6 heteroatoms. The third kappa shape index (κ3) is 8.41. The first-order chi connectivity index (χ1) is 10.3. The molecule has 0 fully saturated rings. The molecule has 1 atom stereocenters. The van der Waals surface area contributed by atoms with Gasteiger partial charge in [0.2, 0.25) is 5.91 Å². The van der Waals surface area contributed by atoms with Crippen LogP contribution in [0.4, 0.5) is 0 Å². The summed E-state index contributed by atoms with van der Waals surface area (Å²) in [5.41, 5.74) is 1.02. The van der Waals surface area contributed by atoms with E-state index >= 15 is 0 Å². The molecule has 0 bridgehead atoms. The number of rotatable bonds is 11. The van der Waals surface area contributed by atoms with Crippen molar-refractivity contribution < 1.29 is 24.1 Å². The molecular weight excluding hydrogens is 274 g/mol. The minimum atomic E-state index is -0.566. The van der Waals surface area contributed by atoms with Gasteiger partial charge in [0.05, 0.1) is 32.3 Å². The second-order valence-corrected chi connectivity index (χ2v) is 4.46. The highest BCUT2D eigenvalue weighted by molar-refractivity contribution is 5.76. The predicted molar refractivity (Wildman–Crippen MR) is 77.6 cm³/mol. The van der Waals surface area contributed by atoms with Gasteiger partial charge in [0.25, 0.3) is 0 Å². The normalized spacial score (nSPS) is 12.1. The molecule has 1 rings (SSSR count). The number of aliphatic hydroxyl groups is 1. The van der Waals surface area contributed by atoms with Gasteiger partial charge in [0, 0.05) is 13.7 Å². The molecule has 21 heavy (non-hydrogen) atoms. The van der Waals surface area contributed by atoms with Crippen LogP contribution in [0.5, 0.6) is 0 Å². The number of methoxy groups -OCH3 is 1. The van der Waals surface area contributed by atoms with Gasteiger partial charge in [0.1, 0.15) is 6.79 Å². The van der Waals surface area contributed by atoms with E-state index in [0.717, 1.165) is 5.56 Å². The van der Waals surface area contributed by atoms with Crippen molar-refractivity contribution in [1.29, 1.82) is 0 Å². The van der Waals surface area contributed by atoms with Crippen molar-refractivity contribution in [2.45, 2.75) is 19.1 Å². The Morgan fingerprint density at radius 3 is 2.71 bits per heavy atom. The van der Waals surface area contributed by atoms with Crippen LogP contribution in [0.3, 0.4) is 0 Å². The molecule has 118 valence electrons. The van der Waals surface area contributed by atoms with E-state index in [-0.39, 0.29) is 25.7 Å². The maximum atomic E-state index is 11.8. The smallest absolute Gasteiger partial charge is 0.222 e. The Morgan fingerprint density at radius 2 is 2.05 bits per heavy atom. The molecule has 0 saturated heterocycles. The van der Waals surface area contributed by atoms with Gasteiger partial charge in [-0.3, -0.25) is 4.79 Å². The van der Waals surface area contributed by atoms with Gasteiger partial charge in [0.15, 0.2) is 0 Å². The summed E-state index contributed by atoms with van der Waals surface area (Å²) in [5, 5.41) is 12.0. The lowest BCUT2D eigenvalue weighted by Gasteiger charge is -2.15. The standard InChI is InChI=1S/C15H23NO5/c1-19-7-8-20-12-21-14(11-17)9-15(18)16-10-13-5-3-2-4-6-13/h2-6,14,17H,7-12H2,1H3,(H,16,18)/t14-/m0/s1. The van der Waals surface area contributed by atoms with Gasteiger partial charge in [-0.2, -0.15) is 0 Å². The molecule has 2 N–H and O–H groups in total. The molecule has 0 heterocycles. The molecule has 1 aromatic carbocycles. The van der Waals surface area contributed by atoms with Crippen molar-refractivity contribution in [2.75, 3.05) is 33.7 Å². The molecule has 6 nitrogen and oxygen atoms in total. The van der Waals surface area contributed by atoms with Crippen LogP contribution in [-0.2, 0) is 25.5 Å². The van der Waals surface area contributed by atoms with Crippen LogP contribution in [0.2, 0.25) is 0 Å². The van der Waals surface area contributed by atoms with E-state index in [1.165, 1.54) is 0 Å². The predicted octanol–water partition coefficient (Wildman–Crippen LogP) is 0.691. The highest BCUT2D eigenvalue weighted by atomic mass is 16.7. The Bertz CT molecular complexity index is 385. The third-order valence-corrected chi connectivity index (χ3v) is 2.77. The Balaban J connectivity index is 2.18. The van der Waals surface area contributed by atoms with Crippen molar-refractivity contribution >= 4 is 5.91 Å². The molecule has 1 aromatic rings. The first-order valence-corrected chi connectivity index (χ1v) is 6.86. The number of nitrogens with one attached hydrogen (secondary N) is 1. The summed E-state index contributed by atoms with van der Waals surface area (Å²) < 4.78 is 15.2. The van der Waals surface area contributed by atoms with E-state index in [0.29, 0.717) is 19.8 Å². The Kier molecular flexibility index (Phi) is 9.39. The van der Waals surface area contributed by atoms with E-state index in [2.05, 4.69) is 5.32 Å². The van der Waals surface area contributed by atoms with Gasteiger partial charge in [-0.15, -0.1) is 0 Å². The maximum absolute atomic E-state index is 11.8. The van der Waals surface area contributed by atoms with Gasteiger partial charge < -0.3 is 24.6 Å². The molecule has 1 amide bonds. The van der Waals surface area contributed by atoms with E-state index in [4.69, 9.17) is 14.2 Å². The number of aliphatic hydroxyl groups excluding tert-OH is 1. The van der Waals surface area contributed by atoms with Gasteiger partial charge in [-0.1, -0.05) is 30.3 Å². The fraction of sp³-hybridized carbons (Fsp3) is 0.533. The zero-order valence-corrected chi connectivity index (χ0v) is 12.3. The number of amides is 1. The lowest BCUT2D eigenvalue weighted by Crippen LogP contribution is -2.30. The summed E-state index contributed by atoms with van der Waals surface area (Å²) in [7, 11) is 1.58. The molecule has 0 unspecified atom stereocenters. The quantitative estimate of drug-likeness (QED) is 0.464. The summed E-state index contributed by atoms with van der Waals surface area (Å²) >= 11 is 0. The Morgan fingerprint density at radius 1 is 1.29 bits per heavy atom. The van der Waals surface area contributed by atoms with Crippen LogP contribution in [0.15, 0.2) is 30.3 Å². The maximum Gasteiger partial charge on any atom is 0.222 e. The van der Waals surface area contributed by atoms with Crippen molar-refractivity contribution in [3.05, 3.63) is 35.9 Å². The van der Waals surface area contributed by atoms with Crippen molar-refractivity contribution in [1.82, 2.24) is 5.32 Å².